The molecule has 0 aliphatic carbocycles. The molecule has 0 heterocycles. The van der Waals surface area contributed by atoms with Gasteiger partial charge in [-0.2, -0.15) is 0 Å². The first-order valence-electron chi connectivity index (χ1n) is 4.24. The number of rotatable bonds is 3. The van der Waals surface area contributed by atoms with Crippen LogP contribution >= 0.6 is 0 Å². The average Bonchev–Trinajstić information content (AvgIpc) is 2.16. The summed E-state index contributed by atoms with van der Waals surface area (Å²) in [6.45, 7) is 2.58. The lowest BCUT2D eigenvalue weighted by atomic mass is 10.0. The molecular weight excluding hydrogens is 198 g/mol. The summed E-state index contributed by atoms with van der Waals surface area (Å²) in [5, 5.41) is 10.5. The van der Waals surface area contributed by atoms with Gasteiger partial charge in [-0.05, 0) is 19.9 Å². The van der Waals surface area contributed by atoms with Gasteiger partial charge in [-0.3, -0.25) is 19.7 Å². The summed E-state index contributed by atoms with van der Waals surface area (Å²) in [4.78, 5) is 32.2. The molecule has 0 saturated heterocycles. The van der Waals surface area contributed by atoms with Crippen molar-refractivity contribution in [2.75, 3.05) is 0 Å². The minimum atomic E-state index is -0.601. The molecule has 0 amide bonds. The molecule has 1 rings (SSSR count). The van der Waals surface area contributed by atoms with Crippen molar-refractivity contribution in [3.8, 4) is 0 Å². The molecule has 0 saturated carbocycles. The number of non-ortho nitro benzene ring substituents is 1. The third-order valence-electron chi connectivity index (χ3n) is 1.97. The Morgan fingerprint density at radius 3 is 2.07 bits per heavy atom. The van der Waals surface area contributed by atoms with E-state index in [2.05, 4.69) is 0 Å². The number of hydrogen-bond acceptors (Lipinski definition) is 4. The minimum Gasteiger partial charge on any atom is -0.294 e. The first-order chi connectivity index (χ1) is 6.93. The second-order valence-corrected chi connectivity index (χ2v) is 3.10. The van der Waals surface area contributed by atoms with E-state index < -0.39 is 4.92 Å². The molecule has 5 nitrogen and oxygen atoms in total. The maximum absolute atomic E-state index is 11.2. The number of nitro groups is 1. The predicted octanol–water partition coefficient (Wildman–Crippen LogP) is 2.00. The summed E-state index contributed by atoms with van der Waals surface area (Å²) < 4.78 is 0. The van der Waals surface area contributed by atoms with Gasteiger partial charge in [0, 0.05) is 23.3 Å². The van der Waals surface area contributed by atoms with Crippen LogP contribution in [0.5, 0.6) is 0 Å². The van der Waals surface area contributed by atoms with Gasteiger partial charge in [0.2, 0.25) is 0 Å². The number of Topliss-reactive ketones (excluding diaryl/α,β-unsaturated/α-hetero) is 2. The van der Waals surface area contributed by atoms with Crippen molar-refractivity contribution in [1.82, 2.24) is 0 Å². The molecule has 0 atom stereocenters. The van der Waals surface area contributed by atoms with Crippen LogP contribution in [0.3, 0.4) is 0 Å². The van der Waals surface area contributed by atoms with Crippen LogP contribution < -0.4 is 0 Å². The van der Waals surface area contributed by atoms with Gasteiger partial charge in [-0.15, -0.1) is 0 Å². The van der Waals surface area contributed by atoms with Gasteiger partial charge in [0.25, 0.3) is 5.69 Å². The fraction of sp³-hybridized carbons (Fsp3) is 0.200. The second-order valence-electron chi connectivity index (χ2n) is 3.10. The molecule has 15 heavy (non-hydrogen) atoms. The fourth-order valence-corrected chi connectivity index (χ4v) is 1.24. The molecule has 0 bridgehead atoms. The smallest absolute Gasteiger partial charge is 0.270 e. The summed E-state index contributed by atoms with van der Waals surface area (Å²) in [7, 11) is 0. The Labute approximate surface area is 85.9 Å². The Bertz CT molecular complexity index is 451. The molecule has 0 aromatic heterocycles. The Kier molecular flexibility index (Phi) is 2.94. The molecule has 0 radical (unpaired) electrons. The lowest BCUT2D eigenvalue weighted by molar-refractivity contribution is -0.384. The minimum absolute atomic E-state index is 0.0942. The van der Waals surface area contributed by atoms with E-state index >= 15 is 0 Å². The molecule has 0 unspecified atom stereocenters. The lowest BCUT2D eigenvalue weighted by Gasteiger charge is -2.02. The highest BCUT2D eigenvalue weighted by Crippen LogP contribution is 2.18. The quantitative estimate of drug-likeness (QED) is 0.431. The van der Waals surface area contributed by atoms with Crippen LogP contribution in [0.2, 0.25) is 0 Å². The summed E-state index contributed by atoms with van der Waals surface area (Å²) in [6.07, 6.45) is 0. The molecule has 0 spiro atoms. The molecule has 0 N–H and O–H groups in total. The fourth-order valence-electron chi connectivity index (χ4n) is 1.24. The van der Waals surface area contributed by atoms with E-state index in [1.807, 2.05) is 0 Å². The van der Waals surface area contributed by atoms with Crippen molar-refractivity contribution >= 4 is 17.3 Å². The standard InChI is InChI=1S/C10H9NO4/c1-6(12)9-4-3-8(11(14)15)5-10(9)7(2)13/h3-5H,1-2H3. The van der Waals surface area contributed by atoms with Crippen LogP contribution in [0.4, 0.5) is 5.69 Å². The van der Waals surface area contributed by atoms with Crippen LogP contribution in [-0.2, 0) is 0 Å². The van der Waals surface area contributed by atoms with Crippen molar-refractivity contribution in [3.05, 3.63) is 39.4 Å². The number of carbonyl (C=O) groups excluding carboxylic acids is 2. The third-order valence-corrected chi connectivity index (χ3v) is 1.97. The Morgan fingerprint density at radius 2 is 1.67 bits per heavy atom. The van der Waals surface area contributed by atoms with E-state index in [1.54, 1.807) is 0 Å². The van der Waals surface area contributed by atoms with Gasteiger partial charge in [-0.1, -0.05) is 0 Å². The van der Waals surface area contributed by atoms with E-state index in [-0.39, 0.29) is 28.4 Å². The molecule has 78 valence electrons. The second kappa shape index (κ2) is 4.00. The van der Waals surface area contributed by atoms with Gasteiger partial charge in [-0.25, -0.2) is 0 Å². The zero-order valence-corrected chi connectivity index (χ0v) is 8.31. The molecule has 1 aromatic rings. The topological polar surface area (TPSA) is 77.3 Å². The average molecular weight is 207 g/mol. The van der Waals surface area contributed by atoms with Crippen LogP contribution in [0, 0.1) is 10.1 Å². The van der Waals surface area contributed by atoms with Crippen molar-refractivity contribution in [1.29, 1.82) is 0 Å². The predicted molar refractivity (Wildman–Crippen MR) is 53.1 cm³/mol. The molecule has 0 aliphatic rings. The van der Waals surface area contributed by atoms with Crippen molar-refractivity contribution in [2.24, 2.45) is 0 Å². The number of nitrogens with zero attached hydrogens (tertiary/aromatic N) is 1. The largest absolute Gasteiger partial charge is 0.294 e. The first kappa shape index (κ1) is 11.0. The maximum atomic E-state index is 11.2. The zero-order valence-electron chi connectivity index (χ0n) is 8.31. The Morgan fingerprint density at radius 1 is 1.13 bits per heavy atom. The molecule has 1 aromatic carbocycles. The van der Waals surface area contributed by atoms with Gasteiger partial charge in [0.05, 0.1) is 4.92 Å². The zero-order chi connectivity index (χ0) is 11.6. The van der Waals surface area contributed by atoms with E-state index in [0.29, 0.717) is 0 Å². The van der Waals surface area contributed by atoms with Gasteiger partial charge < -0.3 is 0 Å². The number of nitro benzene ring substituents is 1. The number of benzene rings is 1. The van der Waals surface area contributed by atoms with Gasteiger partial charge in [0.1, 0.15) is 0 Å². The van der Waals surface area contributed by atoms with E-state index in [1.165, 1.54) is 26.0 Å². The van der Waals surface area contributed by atoms with Crippen LogP contribution in [0.25, 0.3) is 0 Å². The Hall–Kier alpha value is -2.04. The molecule has 0 fully saturated rings. The summed E-state index contributed by atoms with van der Waals surface area (Å²) in [6, 6.07) is 3.64. The Balaban J connectivity index is 3.40. The van der Waals surface area contributed by atoms with E-state index in [4.69, 9.17) is 0 Å². The third kappa shape index (κ3) is 2.25. The van der Waals surface area contributed by atoms with Crippen molar-refractivity contribution in [3.63, 3.8) is 0 Å². The maximum Gasteiger partial charge on any atom is 0.270 e. The molecular formula is C10H9NO4. The highest BCUT2D eigenvalue weighted by Gasteiger charge is 2.15. The van der Waals surface area contributed by atoms with E-state index in [9.17, 15) is 19.7 Å². The van der Waals surface area contributed by atoms with Crippen LogP contribution in [0.1, 0.15) is 34.6 Å². The number of ketones is 2. The summed E-state index contributed by atoms with van der Waals surface area (Å²) in [5.41, 5.74) is 0.120. The van der Waals surface area contributed by atoms with E-state index in [0.717, 1.165) is 6.07 Å². The highest BCUT2D eigenvalue weighted by atomic mass is 16.6. The molecule has 0 aliphatic heterocycles. The molecule has 5 heteroatoms. The van der Waals surface area contributed by atoms with Crippen LogP contribution in [-0.4, -0.2) is 16.5 Å². The van der Waals surface area contributed by atoms with Crippen molar-refractivity contribution in [2.45, 2.75) is 13.8 Å². The van der Waals surface area contributed by atoms with Crippen molar-refractivity contribution < 1.29 is 14.5 Å². The first-order valence-corrected chi connectivity index (χ1v) is 4.24. The monoisotopic (exact) mass is 207 g/mol. The SMILES string of the molecule is CC(=O)c1ccc([N+](=O)[O-])cc1C(C)=O. The number of carbonyl (C=O) groups is 2. The lowest BCUT2D eigenvalue weighted by Crippen LogP contribution is -2.04. The summed E-state index contributed by atoms with van der Waals surface area (Å²) in [5.74, 6) is -0.640. The van der Waals surface area contributed by atoms with Gasteiger partial charge in [0.15, 0.2) is 11.6 Å². The normalized spacial score (nSPS) is 9.73. The van der Waals surface area contributed by atoms with Gasteiger partial charge >= 0.3 is 0 Å². The summed E-state index contributed by atoms with van der Waals surface area (Å²) >= 11 is 0. The number of hydrogen-bond donors (Lipinski definition) is 0. The highest BCUT2D eigenvalue weighted by molar-refractivity contribution is 6.07. The van der Waals surface area contributed by atoms with Crippen LogP contribution in [0.15, 0.2) is 18.2 Å².